The SMILES string of the molecule is Cc1cc(N)c(Cl)c(F)c1. The molecule has 0 saturated carbocycles. The van der Waals surface area contributed by atoms with Gasteiger partial charge in [0, 0.05) is 0 Å². The molecular formula is C7H7ClFN. The summed E-state index contributed by atoms with van der Waals surface area (Å²) in [6, 6.07) is 2.98. The van der Waals surface area contributed by atoms with Gasteiger partial charge in [-0.25, -0.2) is 4.39 Å². The third-order valence-corrected chi connectivity index (χ3v) is 1.60. The van der Waals surface area contributed by atoms with Crippen LogP contribution in [0.3, 0.4) is 0 Å². The zero-order chi connectivity index (χ0) is 7.72. The van der Waals surface area contributed by atoms with Crippen LogP contribution < -0.4 is 5.73 Å². The Hall–Kier alpha value is -0.760. The van der Waals surface area contributed by atoms with Crippen LogP contribution in [0.1, 0.15) is 5.56 Å². The molecular weight excluding hydrogens is 153 g/mol. The Labute approximate surface area is 63.6 Å². The summed E-state index contributed by atoms with van der Waals surface area (Å²) in [7, 11) is 0. The Bertz CT molecular complexity index is 237. The number of hydrogen-bond donors (Lipinski definition) is 1. The lowest BCUT2D eigenvalue weighted by atomic mass is 10.2. The third kappa shape index (κ3) is 1.21. The number of nitrogen functional groups attached to an aromatic ring is 1. The number of halogens is 2. The molecule has 0 saturated heterocycles. The molecule has 0 heterocycles. The van der Waals surface area contributed by atoms with Crippen LogP contribution in [0.25, 0.3) is 0 Å². The van der Waals surface area contributed by atoms with Crippen LogP contribution >= 0.6 is 11.6 Å². The summed E-state index contributed by atoms with van der Waals surface area (Å²) in [5.41, 5.74) is 6.42. The summed E-state index contributed by atoms with van der Waals surface area (Å²) >= 11 is 5.45. The molecule has 0 aliphatic heterocycles. The molecule has 0 radical (unpaired) electrons. The van der Waals surface area contributed by atoms with Gasteiger partial charge in [0.15, 0.2) is 0 Å². The topological polar surface area (TPSA) is 26.0 Å². The molecule has 0 fully saturated rings. The Kier molecular flexibility index (Phi) is 1.81. The van der Waals surface area contributed by atoms with E-state index in [1.165, 1.54) is 6.07 Å². The van der Waals surface area contributed by atoms with Crippen molar-refractivity contribution in [2.45, 2.75) is 6.92 Å². The molecule has 0 unspecified atom stereocenters. The summed E-state index contributed by atoms with van der Waals surface area (Å²) < 4.78 is 12.6. The number of aryl methyl sites for hydroxylation is 1. The molecule has 0 bridgehead atoms. The highest BCUT2D eigenvalue weighted by atomic mass is 35.5. The van der Waals surface area contributed by atoms with Gasteiger partial charge in [0.1, 0.15) is 5.82 Å². The Morgan fingerprint density at radius 3 is 2.60 bits per heavy atom. The maximum Gasteiger partial charge on any atom is 0.144 e. The van der Waals surface area contributed by atoms with E-state index >= 15 is 0 Å². The van der Waals surface area contributed by atoms with Crippen molar-refractivity contribution in [3.8, 4) is 0 Å². The van der Waals surface area contributed by atoms with Crippen LogP contribution in [0.15, 0.2) is 12.1 Å². The molecule has 1 nitrogen and oxygen atoms in total. The number of hydrogen-bond acceptors (Lipinski definition) is 1. The highest BCUT2D eigenvalue weighted by Gasteiger charge is 2.02. The largest absolute Gasteiger partial charge is 0.397 e. The van der Waals surface area contributed by atoms with Gasteiger partial charge in [0.25, 0.3) is 0 Å². The van der Waals surface area contributed by atoms with Crippen molar-refractivity contribution in [3.63, 3.8) is 0 Å². The van der Waals surface area contributed by atoms with E-state index in [-0.39, 0.29) is 5.02 Å². The van der Waals surface area contributed by atoms with E-state index in [1.807, 2.05) is 0 Å². The molecule has 3 heteroatoms. The molecule has 54 valence electrons. The summed E-state index contributed by atoms with van der Waals surface area (Å²) in [6.45, 7) is 1.76. The minimum absolute atomic E-state index is 0.00519. The zero-order valence-electron chi connectivity index (χ0n) is 5.49. The fourth-order valence-corrected chi connectivity index (χ4v) is 0.861. The molecule has 0 aliphatic rings. The molecule has 0 amide bonds. The lowest BCUT2D eigenvalue weighted by molar-refractivity contribution is 0.628. The summed E-state index contributed by atoms with van der Waals surface area (Å²) in [5.74, 6) is -0.459. The zero-order valence-corrected chi connectivity index (χ0v) is 6.24. The predicted octanol–water partition coefficient (Wildman–Crippen LogP) is 2.37. The molecule has 0 atom stereocenters. The maximum absolute atomic E-state index is 12.6. The van der Waals surface area contributed by atoms with Crippen LogP contribution in [-0.2, 0) is 0 Å². The van der Waals surface area contributed by atoms with Crippen molar-refractivity contribution < 1.29 is 4.39 Å². The number of benzene rings is 1. The average molecular weight is 160 g/mol. The highest BCUT2D eigenvalue weighted by Crippen LogP contribution is 2.23. The van der Waals surface area contributed by atoms with Gasteiger partial charge >= 0.3 is 0 Å². The molecule has 1 aromatic carbocycles. The van der Waals surface area contributed by atoms with Gasteiger partial charge in [0.05, 0.1) is 10.7 Å². The highest BCUT2D eigenvalue weighted by molar-refractivity contribution is 6.33. The van der Waals surface area contributed by atoms with E-state index in [0.717, 1.165) is 5.56 Å². The first-order valence-electron chi connectivity index (χ1n) is 2.82. The van der Waals surface area contributed by atoms with Gasteiger partial charge < -0.3 is 5.73 Å². The number of rotatable bonds is 0. The monoisotopic (exact) mass is 159 g/mol. The first-order chi connectivity index (χ1) is 4.61. The lowest BCUT2D eigenvalue weighted by Crippen LogP contribution is -1.90. The van der Waals surface area contributed by atoms with E-state index in [1.54, 1.807) is 13.0 Å². The second-order valence-corrected chi connectivity index (χ2v) is 2.53. The van der Waals surface area contributed by atoms with Gasteiger partial charge in [0.2, 0.25) is 0 Å². The van der Waals surface area contributed by atoms with E-state index in [4.69, 9.17) is 17.3 Å². The third-order valence-electron chi connectivity index (χ3n) is 1.20. The lowest BCUT2D eigenvalue weighted by Gasteiger charge is -1.99. The van der Waals surface area contributed by atoms with Gasteiger partial charge in [-0.1, -0.05) is 11.6 Å². The van der Waals surface area contributed by atoms with E-state index in [0.29, 0.717) is 5.69 Å². The molecule has 0 aromatic heterocycles. The van der Waals surface area contributed by atoms with Crippen molar-refractivity contribution in [2.24, 2.45) is 0 Å². The second-order valence-electron chi connectivity index (χ2n) is 2.15. The van der Waals surface area contributed by atoms with Gasteiger partial charge in [-0.15, -0.1) is 0 Å². The minimum Gasteiger partial charge on any atom is -0.397 e. The number of anilines is 1. The molecule has 2 N–H and O–H groups in total. The van der Waals surface area contributed by atoms with E-state index < -0.39 is 5.82 Å². The minimum atomic E-state index is -0.459. The van der Waals surface area contributed by atoms with Crippen LogP contribution in [0.5, 0.6) is 0 Å². The van der Waals surface area contributed by atoms with Gasteiger partial charge in [-0.2, -0.15) is 0 Å². The van der Waals surface area contributed by atoms with Crippen molar-refractivity contribution in [1.29, 1.82) is 0 Å². The molecule has 0 aliphatic carbocycles. The average Bonchev–Trinajstić information content (AvgIpc) is 1.82. The standard InChI is InChI=1S/C7H7ClFN/c1-4-2-5(9)7(8)6(10)3-4/h2-3H,10H2,1H3. The maximum atomic E-state index is 12.6. The first-order valence-corrected chi connectivity index (χ1v) is 3.20. The van der Waals surface area contributed by atoms with Gasteiger partial charge in [-0.3, -0.25) is 0 Å². The smallest absolute Gasteiger partial charge is 0.144 e. The quantitative estimate of drug-likeness (QED) is 0.578. The fraction of sp³-hybridized carbons (Fsp3) is 0.143. The molecule has 1 rings (SSSR count). The summed E-state index contributed by atoms with van der Waals surface area (Å²) in [6.07, 6.45) is 0. The van der Waals surface area contributed by atoms with Crippen molar-refractivity contribution in [2.75, 3.05) is 5.73 Å². The Morgan fingerprint density at radius 1 is 1.50 bits per heavy atom. The van der Waals surface area contributed by atoms with Crippen LogP contribution in [0, 0.1) is 12.7 Å². The van der Waals surface area contributed by atoms with Gasteiger partial charge in [-0.05, 0) is 24.6 Å². The normalized spacial score (nSPS) is 9.90. The molecule has 1 aromatic rings. The fourth-order valence-electron chi connectivity index (χ4n) is 0.751. The van der Waals surface area contributed by atoms with E-state index in [9.17, 15) is 4.39 Å². The Balaban J connectivity index is 3.31. The molecule has 0 spiro atoms. The predicted molar refractivity (Wildman–Crippen MR) is 40.6 cm³/mol. The first kappa shape index (κ1) is 7.35. The van der Waals surface area contributed by atoms with Crippen molar-refractivity contribution >= 4 is 17.3 Å². The van der Waals surface area contributed by atoms with Crippen LogP contribution in [0.4, 0.5) is 10.1 Å². The Morgan fingerprint density at radius 2 is 2.10 bits per heavy atom. The van der Waals surface area contributed by atoms with Crippen molar-refractivity contribution in [3.05, 3.63) is 28.5 Å². The van der Waals surface area contributed by atoms with Crippen LogP contribution in [-0.4, -0.2) is 0 Å². The summed E-state index contributed by atoms with van der Waals surface area (Å²) in [4.78, 5) is 0. The van der Waals surface area contributed by atoms with Crippen LogP contribution in [0.2, 0.25) is 5.02 Å². The molecule has 10 heavy (non-hydrogen) atoms. The van der Waals surface area contributed by atoms with Crippen molar-refractivity contribution in [1.82, 2.24) is 0 Å². The number of nitrogens with two attached hydrogens (primary N) is 1. The van der Waals surface area contributed by atoms with E-state index in [2.05, 4.69) is 0 Å². The second kappa shape index (κ2) is 2.46. The summed E-state index contributed by atoms with van der Waals surface area (Å²) in [5, 5.41) is 0.00519.